The van der Waals surface area contributed by atoms with E-state index in [0.29, 0.717) is 0 Å². The smallest absolute Gasteiger partial charge is 0.244 e. The molecule has 23 heavy (non-hydrogen) atoms. The molecule has 2 rings (SSSR count). The van der Waals surface area contributed by atoms with Crippen LogP contribution in [0.2, 0.25) is 0 Å². The van der Waals surface area contributed by atoms with Crippen LogP contribution >= 0.6 is 0 Å². The summed E-state index contributed by atoms with van der Waals surface area (Å²) in [5, 5.41) is 9.67. The fourth-order valence-electron chi connectivity index (χ4n) is 3.40. The van der Waals surface area contributed by atoms with Crippen molar-refractivity contribution in [2.75, 3.05) is 33.3 Å². The number of aliphatic hydroxyl groups excluding tert-OH is 1. The molecule has 4 heteroatoms. The zero-order chi connectivity index (χ0) is 16.9. The maximum absolute atomic E-state index is 13.1. The normalized spacial score (nSPS) is 18.9. The van der Waals surface area contributed by atoms with Crippen LogP contribution in [0.25, 0.3) is 0 Å². The molecule has 1 unspecified atom stereocenters. The molecule has 0 aliphatic carbocycles. The number of rotatable bonds is 6. The summed E-state index contributed by atoms with van der Waals surface area (Å²) in [7, 11) is 2.00. The third-order valence-electron chi connectivity index (χ3n) is 5.51. The summed E-state index contributed by atoms with van der Waals surface area (Å²) in [5.41, 5.74) is 1.06. The summed E-state index contributed by atoms with van der Waals surface area (Å²) in [6, 6.07) is 9.80. The maximum Gasteiger partial charge on any atom is 0.244 e. The van der Waals surface area contributed by atoms with Gasteiger partial charge in [0.05, 0.1) is 0 Å². The molecule has 0 saturated carbocycles. The SMILES string of the molecule is CCN(C)C(C(=O)N1CCC(CC)(CO)CC1)c1ccccc1. The second kappa shape index (κ2) is 7.93. The zero-order valence-electron chi connectivity index (χ0n) is 14.7. The minimum Gasteiger partial charge on any atom is -0.396 e. The van der Waals surface area contributed by atoms with Crippen LogP contribution < -0.4 is 0 Å². The highest BCUT2D eigenvalue weighted by Gasteiger charge is 2.36. The van der Waals surface area contributed by atoms with Gasteiger partial charge in [0.2, 0.25) is 5.91 Å². The van der Waals surface area contributed by atoms with Crippen LogP contribution in [0.3, 0.4) is 0 Å². The van der Waals surface area contributed by atoms with E-state index in [2.05, 4.69) is 18.7 Å². The summed E-state index contributed by atoms with van der Waals surface area (Å²) in [6.45, 7) is 6.75. The Kier molecular flexibility index (Phi) is 6.19. The van der Waals surface area contributed by atoms with Crippen molar-refractivity contribution in [1.82, 2.24) is 9.80 Å². The minimum absolute atomic E-state index is 0.00960. The van der Waals surface area contributed by atoms with Gasteiger partial charge in [0.1, 0.15) is 6.04 Å². The first-order chi connectivity index (χ1) is 11.1. The lowest BCUT2D eigenvalue weighted by Gasteiger charge is -2.42. The second-order valence-electron chi connectivity index (χ2n) is 6.72. The molecule has 1 aromatic carbocycles. The predicted octanol–water partition coefficient (Wildman–Crippen LogP) is 2.69. The summed E-state index contributed by atoms with van der Waals surface area (Å²) < 4.78 is 0. The van der Waals surface area contributed by atoms with Gasteiger partial charge >= 0.3 is 0 Å². The van der Waals surface area contributed by atoms with Crippen LogP contribution in [0.5, 0.6) is 0 Å². The third kappa shape index (κ3) is 3.93. The van der Waals surface area contributed by atoms with E-state index in [1.54, 1.807) is 0 Å². The van der Waals surface area contributed by atoms with E-state index in [1.807, 2.05) is 42.3 Å². The molecule has 0 radical (unpaired) electrons. The van der Waals surface area contributed by atoms with Gasteiger partial charge in [-0.3, -0.25) is 9.69 Å². The highest BCUT2D eigenvalue weighted by molar-refractivity contribution is 5.83. The van der Waals surface area contributed by atoms with E-state index in [9.17, 15) is 9.90 Å². The molecule has 1 aliphatic heterocycles. The molecule has 128 valence electrons. The van der Waals surface area contributed by atoms with Gasteiger partial charge in [-0.15, -0.1) is 0 Å². The topological polar surface area (TPSA) is 43.8 Å². The molecule has 0 spiro atoms. The number of hydrogen-bond donors (Lipinski definition) is 1. The Labute approximate surface area is 140 Å². The summed E-state index contributed by atoms with van der Waals surface area (Å²) in [4.78, 5) is 17.2. The molecule has 1 atom stereocenters. The number of hydrogen-bond acceptors (Lipinski definition) is 3. The standard InChI is InChI=1S/C19H30N2O2/c1-4-19(15-22)11-13-21(14-12-19)18(23)17(20(3)5-2)16-9-7-6-8-10-16/h6-10,17,22H,4-5,11-15H2,1-3H3. The quantitative estimate of drug-likeness (QED) is 0.877. The van der Waals surface area contributed by atoms with Crippen LogP contribution in [0.4, 0.5) is 0 Å². The number of carbonyl (C=O) groups excluding carboxylic acids is 1. The molecular weight excluding hydrogens is 288 g/mol. The predicted molar refractivity (Wildman–Crippen MR) is 93.1 cm³/mol. The Bertz CT molecular complexity index is 489. The molecule has 1 amide bonds. The average molecular weight is 318 g/mol. The van der Waals surface area contributed by atoms with Crippen LogP contribution in [0, 0.1) is 5.41 Å². The summed E-state index contributed by atoms with van der Waals surface area (Å²) in [6.07, 6.45) is 2.76. The second-order valence-corrected chi connectivity index (χ2v) is 6.72. The largest absolute Gasteiger partial charge is 0.396 e. The maximum atomic E-state index is 13.1. The van der Waals surface area contributed by atoms with Crippen molar-refractivity contribution < 1.29 is 9.90 Å². The first-order valence-electron chi connectivity index (χ1n) is 8.71. The van der Waals surface area contributed by atoms with Gasteiger partial charge in [0.25, 0.3) is 0 Å². The Morgan fingerprint density at radius 3 is 2.35 bits per heavy atom. The van der Waals surface area contributed by atoms with Crippen molar-refractivity contribution in [1.29, 1.82) is 0 Å². The van der Waals surface area contributed by atoms with E-state index >= 15 is 0 Å². The first-order valence-corrected chi connectivity index (χ1v) is 8.71. The Hall–Kier alpha value is -1.39. The number of amides is 1. The molecule has 1 N–H and O–H groups in total. The van der Waals surface area contributed by atoms with E-state index in [1.165, 1.54) is 0 Å². The van der Waals surface area contributed by atoms with E-state index in [-0.39, 0.29) is 24.0 Å². The number of benzene rings is 1. The van der Waals surface area contributed by atoms with Gasteiger partial charge in [-0.1, -0.05) is 44.2 Å². The monoisotopic (exact) mass is 318 g/mol. The van der Waals surface area contributed by atoms with Crippen molar-refractivity contribution >= 4 is 5.91 Å². The van der Waals surface area contributed by atoms with Crippen LogP contribution in [-0.4, -0.2) is 54.1 Å². The Morgan fingerprint density at radius 2 is 1.87 bits per heavy atom. The number of likely N-dealkylation sites (N-methyl/N-ethyl adjacent to an activating group) is 1. The number of aliphatic hydroxyl groups is 1. The van der Waals surface area contributed by atoms with Gasteiger partial charge in [-0.05, 0) is 43.8 Å². The highest BCUT2D eigenvalue weighted by atomic mass is 16.3. The minimum atomic E-state index is -0.218. The summed E-state index contributed by atoms with van der Waals surface area (Å²) in [5.74, 6) is 0.184. The van der Waals surface area contributed by atoms with Crippen molar-refractivity contribution in [3.8, 4) is 0 Å². The van der Waals surface area contributed by atoms with Crippen molar-refractivity contribution in [3.05, 3.63) is 35.9 Å². The van der Waals surface area contributed by atoms with Crippen LogP contribution in [0.15, 0.2) is 30.3 Å². The molecule has 1 saturated heterocycles. The average Bonchev–Trinajstić information content (AvgIpc) is 2.62. The fraction of sp³-hybridized carbons (Fsp3) is 0.632. The van der Waals surface area contributed by atoms with E-state index < -0.39 is 0 Å². The summed E-state index contributed by atoms with van der Waals surface area (Å²) >= 11 is 0. The molecule has 0 aromatic heterocycles. The van der Waals surface area contributed by atoms with E-state index in [4.69, 9.17) is 0 Å². The highest BCUT2D eigenvalue weighted by Crippen LogP contribution is 2.35. The van der Waals surface area contributed by atoms with Crippen LogP contribution in [-0.2, 0) is 4.79 Å². The molecular formula is C19H30N2O2. The van der Waals surface area contributed by atoms with Crippen molar-refractivity contribution in [2.24, 2.45) is 5.41 Å². The number of piperidine rings is 1. The molecule has 1 aromatic rings. The fourth-order valence-corrected chi connectivity index (χ4v) is 3.40. The van der Waals surface area contributed by atoms with Gasteiger partial charge < -0.3 is 10.0 Å². The number of carbonyl (C=O) groups is 1. The number of nitrogens with zero attached hydrogens (tertiary/aromatic N) is 2. The van der Waals surface area contributed by atoms with Gasteiger partial charge in [-0.2, -0.15) is 0 Å². The van der Waals surface area contributed by atoms with Crippen LogP contribution in [0.1, 0.15) is 44.7 Å². The van der Waals surface area contributed by atoms with Gasteiger partial charge in [0, 0.05) is 19.7 Å². The van der Waals surface area contributed by atoms with Gasteiger partial charge in [-0.25, -0.2) is 0 Å². The molecule has 1 aliphatic rings. The third-order valence-corrected chi connectivity index (χ3v) is 5.51. The van der Waals surface area contributed by atoms with Crippen molar-refractivity contribution in [2.45, 2.75) is 39.2 Å². The lowest BCUT2D eigenvalue weighted by Crippen LogP contribution is -2.48. The molecule has 1 fully saturated rings. The zero-order valence-corrected chi connectivity index (χ0v) is 14.7. The molecule has 4 nitrogen and oxygen atoms in total. The Balaban J connectivity index is 2.13. The Morgan fingerprint density at radius 1 is 1.26 bits per heavy atom. The van der Waals surface area contributed by atoms with E-state index in [0.717, 1.165) is 44.5 Å². The van der Waals surface area contributed by atoms with Gasteiger partial charge in [0.15, 0.2) is 0 Å². The first kappa shape index (κ1) is 18.0. The van der Waals surface area contributed by atoms with Crippen molar-refractivity contribution in [3.63, 3.8) is 0 Å². The molecule has 0 bridgehead atoms. The molecule has 1 heterocycles. The lowest BCUT2D eigenvalue weighted by atomic mass is 9.77. The lowest BCUT2D eigenvalue weighted by molar-refractivity contribution is -0.139. The number of likely N-dealkylation sites (tertiary alicyclic amines) is 1.